The molecule has 0 fully saturated rings. The lowest BCUT2D eigenvalue weighted by atomic mass is 10.1. The molecule has 0 amide bonds. The van der Waals surface area contributed by atoms with Crippen LogP contribution in [0, 0.1) is 19.7 Å². The van der Waals surface area contributed by atoms with Gasteiger partial charge in [-0.25, -0.2) is 12.8 Å². The van der Waals surface area contributed by atoms with Crippen LogP contribution >= 0.6 is 0 Å². The molecule has 170 valence electrons. The number of hydrogen-bond donors (Lipinski definition) is 1. The normalized spacial score (nSPS) is 11.5. The molecule has 0 atom stereocenters. The van der Waals surface area contributed by atoms with Gasteiger partial charge >= 0.3 is 0 Å². The average Bonchev–Trinajstić information content (AvgIpc) is 2.77. The first-order valence-corrected chi connectivity index (χ1v) is 12.0. The number of nitrogens with zero attached hydrogens (tertiary/aromatic N) is 1. The smallest absolute Gasteiger partial charge is 0.232 e. The highest BCUT2D eigenvalue weighted by Crippen LogP contribution is 2.35. The third-order valence-corrected chi connectivity index (χ3v) is 6.62. The molecule has 0 aliphatic carbocycles. The first kappa shape index (κ1) is 22.5. The van der Waals surface area contributed by atoms with E-state index in [2.05, 4.69) is 4.72 Å². The van der Waals surface area contributed by atoms with Crippen LogP contribution in [0.4, 0.5) is 10.1 Å². The highest BCUT2D eigenvalue weighted by atomic mass is 32.2. The number of aryl methyl sites for hydroxylation is 2. The van der Waals surface area contributed by atoms with Crippen LogP contribution in [-0.2, 0) is 10.0 Å². The molecule has 4 rings (SSSR count). The first-order valence-electron chi connectivity index (χ1n) is 10.4. The zero-order valence-corrected chi connectivity index (χ0v) is 19.2. The van der Waals surface area contributed by atoms with Gasteiger partial charge in [0, 0.05) is 17.6 Å². The van der Waals surface area contributed by atoms with E-state index in [1.165, 1.54) is 18.2 Å². The minimum Gasteiger partial charge on any atom is -0.455 e. The summed E-state index contributed by atoms with van der Waals surface area (Å²) in [7, 11) is -3.50. The summed E-state index contributed by atoms with van der Waals surface area (Å²) < 4.78 is 48.6. The average molecular weight is 467 g/mol. The Morgan fingerprint density at radius 3 is 2.39 bits per heavy atom. The van der Waals surface area contributed by atoms with Crippen molar-refractivity contribution in [1.82, 2.24) is 4.57 Å². The summed E-state index contributed by atoms with van der Waals surface area (Å²) in [5.74, 6) is 0.495. The van der Waals surface area contributed by atoms with Crippen LogP contribution in [-0.4, -0.2) is 18.7 Å². The van der Waals surface area contributed by atoms with Crippen LogP contribution < -0.4 is 14.9 Å². The third kappa shape index (κ3) is 4.61. The molecule has 1 heterocycles. The van der Waals surface area contributed by atoms with E-state index in [9.17, 15) is 17.6 Å². The molecule has 3 aromatic carbocycles. The van der Waals surface area contributed by atoms with Gasteiger partial charge in [0.25, 0.3) is 0 Å². The number of aromatic nitrogens is 1. The molecule has 33 heavy (non-hydrogen) atoms. The number of halogens is 1. The van der Waals surface area contributed by atoms with Gasteiger partial charge in [-0.3, -0.25) is 9.52 Å². The van der Waals surface area contributed by atoms with E-state index in [0.717, 1.165) is 0 Å². The lowest BCUT2D eigenvalue weighted by Crippen LogP contribution is -2.15. The van der Waals surface area contributed by atoms with Crippen molar-refractivity contribution in [2.75, 3.05) is 10.5 Å². The van der Waals surface area contributed by atoms with Gasteiger partial charge in [0.05, 0.1) is 22.6 Å². The predicted molar refractivity (Wildman–Crippen MR) is 129 cm³/mol. The molecular weight excluding hydrogens is 443 g/mol. The minimum atomic E-state index is -3.50. The van der Waals surface area contributed by atoms with Gasteiger partial charge in [-0.05, 0) is 74.4 Å². The van der Waals surface area contributed by atoms with Crippen molar-refractivity contribution in [2.45, 2.75) is 20.8 Å². The summed E-state index contributed by atoms with van der Waals surface area (Å²) in [5.41, 5.74) is 2.63. The number of pyridine rings is 1. The fourth-order valence-corrected chi connectivity index (χ4v) is 4.32. The van der Waals surface area contributed by atoms with Gasteiger partial charge in [-0.1, -0.05) is 12.1 Å². The largest absolute Gasteiger partial charge is 0.455 e. The van der Waals surface area contributed by atoms with Crippen LogP contribution in [0.2, 0.25) is 0 Å². The van der Waals surface area contributed by atoms with Crippen molar-refractivity contribution in [3.05, 3.63) is 94.0 Å². The van der Waals surface area contributed by atoms with E-state index in [-0.39, 0.29) is 17.0 Å². The zero-order chi connectivity index (χ0) is 23.8. The van der Waals surface area contributed by atoms with E-state index in [1.54, 1.807) is 67.9 Å². The molecule has 6 nitrogen and oxygen atoms in total. The van der Waals surface area contributed by atoms with E-state index in [4.69, 9.17) is 4.74 Å². The van der Waals surface area contributed by atoms with Gasteiger partial charge in [0.1, 0.15) is 11.6 Å². The van der Waals surface area contributed by atoms with Crippen molar-refractivity contribution in [3.63, 3.8) is 0 Å². The van der Waals surface area contributed by atoms with Crippen LogP contribution in [0.15, 0.2) is 71.7 Å². The van der Waals surface area contributed by atoms with E-state index in [1.807, 2.05) is 6.07 Å². The summed E-state index contributed by atoms with van der Waals surface area (Å²) >= 11 is 0. The maximum atomic E-state index is 13.8. The highest BCUT2D eigenvalue weighted by molar-refractivity contribution is 7.92. The molecule has 0 radical (unpaired) electrons. The third-order valence-electron chi connectivity index (χ3n) is 5.31. The molecule has 0 aliphatic rings. The van der Waals surface area contributed by atoms with E-state index in [0.29, 0.717) is 44.9 Å². The number of benzene rings is 3. The first-order chi connectivity index (χ1) is 15.7. The van der Waals surface area contributed by atoms with Gasteiger partial charge in [-0.15, -0.1) is 0 Å². The van der Waals surface area contributed by atoms with Crippen LogP contribution in [0.1, 0.15) is 18.1 Å². The Bertz CT molecular complexity index is 1500. The van der Waals surface area contributed by atoms with Crippen LogP contribution in [0.3, 0.4) is 0 Å². The molecule has 8 heteroatoms. The molecule has 0 unspecified atom stereocenters. The second-order valence-electron chi connectivity index (χ2n) is 7.73. The molecule has 0 saturated heterocycles. The number of ether oxygens (including phenoxy) is 1. The molecule has 0 bridgehead atoms. The highest BCUT2D eigenvalue weighted by Gasteiger charge is 2.16. The van der Waals surface area contributed by atoms with E-state index >= 15 is 0 Å². The number of rotatable bonds is 6. The Labute approximate surface area is 191 Å². The fraction of sp³-hybridized carbons (Fsp3) is 0.160. The fourth-order valence-electron chi connectivity index (χ4n) is 3.69. The van der Waals surface area contributed by atoms with Gasteiger partial charge in [0.2, 0.25) is 10.0 Å². The summed E-state index contributed by atoms with van der Waals surface area (Å²) in [5, 5.41) is 0.514. The van der Waals surface area contributed by atoms with Crippen molar-refractivity contribution in [1.29, 1.82) is 0 Å². The summed E-state index contributed by atoms with van der Waals surface area (Å²) in [6.45, 7) is 5.06. The lowest BCUT2D eigenvalue weighted by molar-refractivity contribution is 0.470. The lowest BCUT2D eigenvalue weighted by Gasteiger charge is -2.19. The van der Waals surface area contributed by atoms with E-state index < -0.39 is 10.0 Å². The van der Waals surface area contributed by atoms with Crippen molar-refractivity contribution in [3.8, 4) is 17.2 Å². The van der Waals surface area contributed by atoms with Gasteiger partial charge in [0.15, 0.2) is 11.2 Å². The number of sulfonamides is 1. The monoisotopic (exact) mass is 466 g/mol. The van der Waals surface area contributed by atoms with Crippen molar-refractivity contribution in [2.24, 2.45) is 0 Å². The zero-order valence-electron chi connectivity index (χ0n) is 18.4. The standard InChI is InChI=1S/C25H23FN2O4S/c1-4-33(30,31)27-19-9-10-24(32-25-16(2)13-18(26)14-17(25)3)22(15-19)28-12-11-23(29)20-7-5-6-8-21(20)28/h5-15,27H,4H2,1-3H3. The summed E-state index contributed by atoms with van der Waals surface area (Å²) in [6.07, 6.45) is 1.62. The molecule has 1 aromatic heterocycles. The number of para-hydroxylation sites is 1. The predicted octanol–water partition coefficient (Wildman–Crippen LogP) is 5.30. The number of anilines is 1. The van der Waals surface area contributed by atoms with Gasteiger partial charge in [-0.2, -0.15) is 0 Å². The maximum absolute atomic E-state index is 13.8. The minimum absolute atomic E-state index is 0.0739. The summed E-state index contributed by atoms with van der Waals surface area (Å²) in [4.78, 5) is 12.4. The van der Waals surface area contributed by atoms with Crippen LogP contribution in [0.25, 0.3) is 16.6 Å². The molecule has 0 spiro atoms. The SMILES string of the molecule is CCS(=O)(=O)Nc1ccc(Oc2c(C)cc(F)cc2C)c(-n2ccc(=O)c3ccccc32)c1. The molecule has 0 saturated carbocycles. The second-order valence-corrected chi connectivity index (χ2v) is 9.74. The number of fused-ring (bicyclic) bond motifs is 1. The van der Waals surface area contributed by atoms with Crippen molar-refractivity contribution < 1.29 is 17.5 Å². The summed E-state index contributed by atoms with van der Waals surface area (Å²) in [6, 6.07) is 16.3. The Morgan fingerprint density at radius 2 is 1.70 bits per heavy atom. The number of nitrogens with one attached hydrogen (secondary N) is 1. The topological polar surface area (TPSA) is 77.4 Å². The van der Waals surface area contributed by atoms with Crippen LogP contribution in [0.5, 0.6) is 11.5 Å². The Balaban J connectivity index is 1.94. The second kappa shape index (κ2) is 8.71. The molecule has 1 N–H and O–H groups in total. The Hall–Kier alpha value is -3.65. The molecular formula is C25H23FN2O4S. The number of hydrogen-bond acceptors (Lipinski definition) is 4. The Kier molecular flexibility index (Phi) is 5.95. The Morgan fingerprint density at radius 1 is 1.00 bits per heavy atom. The maximum Gasteiger partial charge on any atom is 0.232 e. The molecule has 0 aliphatic heterocycles. The van der Waals surface area contributed by atoms with Gasteiger partial charge < -0.3 is 9.30 Å². The quantitative estimate of drug-likeness (QED) is 0.418. The molecule has 4 aromatic rings. The van der Waals surface area contributed by atoms with Crippen molar-refractivity contribution >= 4 is 26.6 Å².